The van der Waals surface area contributed by atoms with Crippen LogP contribution in [0.3, 0.4) is 0 Å². The molecule has 7 heteroatoms. The number of para-hydroxylation sites is 1. The number of carbonyl (C=O) groups is 1. The molecule has 3 aromatic rings. The van der Waals surface area contributed by atoms with Crippen LogP contribution in [-0.4, -0.2) is 57.4 Å². The van der Waals surface area contributed by atoms with E-state index in [0.717, 1.165) is 23.2 Å². The smallest absolute Gasteiger partial charge is 0.256 e. The molecule has 5 rings (SSSR count). The molecule has 0 unspecified atom stereocenters. The van der Waals surface area contributed by atoms with E-state index in [1.807, 2.05) is 52.7 Å². The molecule has 154 valence electrons. The van der Waals surface area contributed by atoms with Gasteiger partial charge in [0.2, 0.25) is 0 Å². The molecule has 2 bridgehead atoms. The second kappa shape index (κ2) is 7.32. The van der Waals surface area contributed by atoms with Crippen LogP contribution in [-0.2, 0) is 13.1 Å². The minimum atomic E-state index is -0.00387. The number of carbonyl (C=O) groups excluding carboxylic acids is 1. The fraction of sp³-hybridized carbons (Fsp3) is 0.391. The molecule has 1 aromatic carbocycles. The molecule has 1 saturated heterocycles. The minimum Gasteiger partial charge on any atom is -0.338 e. The van der Waals surface area contributed by atoms with Crippen LogP contribution in [0.4, 0.5) is 0 Å². The number of hydrogen-bond donors (Lipinski definition) is 0. The van der Waals surface area contributed by atoms with Crippen molar-refractivity contribution in [2.45, 2.75) is 25.4 Å². The molecule has 0 spiro atoms. The molecule has 7 nitrogen and oxygen atoms in total. The average Bonchev–Trinajstić information content (AvgIpc) is 2.75. The van der Waals surface area contributed by atoms with E-state index in [1.54, 1.807) is 12.4 Å². The van der Waals surface area contributed by atoms with Gasteiger partial charge in [-0.05, 0) is 44.6 Å². The van der Waals surface area contributed by atoms with Crippen molar-refractivity contribution < 1.29 is 4.79 Å². The van der Waals surface area contributed by atoms with E-state index in [0.29, 0.717) is 37.3 Å². The molecule has 2 aliphatic heterocycles. The van der Waals surface area contributed by atoms with Crippen molar-refractivity contribution in [3.63, 3.8) is 0 Å². The van der Waals surface area contributed by atoms with Gasteiger partial charge >= 0.3 is 0 Å². The number of fused-ring (bicyclic) bond motifs is 5. The maximum atomic E-state index is 13.4. The second-order valence-electron chi connectivity index (χ2n) is 8.68. The predicted molar refractivity (Wildman–Crippen MR) is 114 cm³/mol. The molecule has 0 N–H and O–H groups in total. The molecule has 1 amide bonds. The summed E-state index contributed by atoms with van der Waals surface area (Å²) < 4.78 is 1.95. The molecule has 0 saturated carbocycles. The van der Waals surface area contributed by atoms with Crippen molar-refractivity contribution in [2.24, 2.45) is 5.92 Å². The van der Waals surface area contributed by atoms with Crippen LogP contribution in [0.1, 0.15) is 34.0 Å². The largest absolute Gasteiger partial charge is 0.338 e. The maximum Gasteiger partial charge on any atom is 0.256 e. The first-order valence-electron chi connectivity index (χ1n) is 10.4. The Balaban J connectivity index is 1.46. The molecule has 2 atom stereocenters. The Bertz CT molecular complexity index is 1180. The third-order valence-electron chi connectivity index (χ3n) is 6.19. The van der Waals surface area contributed by atoms with E-state index in [-0.39, 0.29) is 23.3 Å². The van der Waals surface area contributed by atoms with Gasteiger partial charge in [0.15, 0.2) is 0 Å². The number of aromatic nitrogens is 3. The van der Waals surface area contributed by atoms with Crippen LogP contribution in [0.5, 0.6) is 0 Å². The van der Waals surface area contributed by atoms with E-state index in [9.17, 15) is 9.59 Å². The molecule has 30 heavy (non-hydrogen) atoms. The van der Waals surface area contributed by atoms with E-state index in [4.69, 9.17) is 0 Å². The van der Waals surface area contributed by atoms with Gasteiger partial charge in [-0.2, -0.15) is 0 Å². The van der Waals surface area contributed by atoms with Crippen LogP contribution in [0.2, 0.25) is 0 Å². The van der Waals surface area contributed by atoms with Gasteiger partial charge in [-0.15, -0.1) is 0 Å². The van der Waals surface area contributed by atoms with Crippen molar-refractivity contribution in [1.82, 2.24) is 24.3 Å². The second-order valence-corrected chi connectivity index (χ2v) is 8.68. The van der Waals surface area contributed by atoms with Gasteiger partial charge in [-0.3, -0.25) is 19.6 Å². The Morgan fingerprint density at radius 1 is 1.10 bits per heavy atom. The summed E-state index contributed by atoms with van der Waals surface area (Å²) in [4.78, 5) is 39.0. The highest BCUT2D eigenvalue weighted by molar-refractivity contribution is 6.04. The first-order chi connectivity index (χ1) is 14.5. The standard InChI is InChI=1S/C23H25N5O2/c1-26(2)13-16-6-7-20-17-10-15(12-28(20)22(16)29)11-27(14-17)23(30)18-4-3-5-19-21(18)25-9-8-24-19/h3-9,15,17H,10-14H2,1-2H3/t15-,17+/m0/s1. The summed E-state index contributed by atoms with van der Waals surface area (Å²) >= 11 is 0. The number of benzene rings is 1. The lowest BCUT2D eigenvalue weighted by molar-refractivity contribution is 0.0596. The van der Waals surface area contributed by atoms with Crippen molar-refractivity contribution in [3.8, 4) is 0 Å². The van der Waals surface area contributed by atoms with Gasteiger partial charge in [0.1, 0.15) is 5.52 Å². The van der Waals surface area contributed by atoms with Crippen LogP contribution >= 0.6 is 0 Å². The van der Waals surface area contributed by atoms with Crippen LogP contribution in [0.25, 0.3) is 11.0 Å². The summed E-state index contributed by atoms with van der Waals surface area (Å²) in [6.07, 6.45) is 4.28. The number of amides is 1. The molecule has 2 aliphatic rings. The number of piperidine rings is 1. The third kappa shape index (κ3) is 3.19. The maximum absolute atomic E-state index is 13.4. The number of pyridine rings is 1. The molecule has 4 heterocycles. The SMILES string of the molecule is CN(C)Cc1ccc2n(c1=O)C[C@H]1C[C@@H]2CN(C(=O)c2cccc3nccnc23)C1. The van der Waals surface area contributed by atoms with Crippen LogP contribution in [0.15, 0.2) is 47.5 Å². The zero-order valence-electron chi connectivity index (χ0n) is 17.3. The topological polar surface area (TPSA) is 71.3 Å². The Labute approximate surface area is 175 Å². The summed E-state index contributed by atoms with van der Waals surface area (Å²) in [5.41, 5.74) is 3.95. The fourth-order valence-electron chi connectivity index (χ4n) is 4.95. The van der Waals surface area contributed by atoms with Gasteiger partial charge in [-0.1, -0.05) is 12.1 Å². The normalized spacial score (nSPS) is 20.4. The molecule has 2 aromatic heterocycles. The average molecular weight is 403 g/mol. The van der Waals surface area contributed by atoms with E-state index in [1.165, 1.54) is 0 Å². The lowest BCUT2D eigenvalue weighted by atomic mass is 9.82. The van der Waals surface area contributed by atoms with Gasteiger partial charge in [0.25, 0.3) is 11.5 Å². The van der Waals surface area contributed by atoms with Gasteiger partial charge in [0.05, 0.1) is 11.1 Å². The third-order valence-corrected chi connectivity index (χ3v) is 6.19. The van der Waals surface area contributed by atoms with Crippen molar-refractivity contribution in [2.75, 3.05) is 27.2 Å². The highest BCUT2D eigenvalue weighted by Gasteiger charge is 2.37. The van der Waals surface area contributed by atoms with Gasteiger partial charge in [0, 0.05) is 55.7 Å². The van der Waals surface area contributed by atoms with Crippen molar-refractivity contribution in [3.05, 3.63) is 69.9 Å². The summed E-state index contributed by atoms with van der Waals surface area (Å²) in [6, 6.07) is 9.60. The highest BCUT2D eigenvalue weighted by Crippen LogP contribution is 2.36. The molecular formula is C23H25N5O2. The molecular weight excluding hydrogens is 378 g/mol. The quantitative estimate of drug-likeness (QED) is 0.670. The zero-order chi connectivity index (χ0) is 20.8. The van der Waals surface area contributed by atoms with E-state index >= 15 is 0 Å². The molecule has 0 aliphatic carbocycles. The first-order valence-corrected chi connectivity index (χ1v) is 10.4. The minimum absolute atomic E-state index is 0.00387. The Kier molecular flexibility index (Phi) is 4.62. The number of hydrogen-bond acceptors (Lipinski definition) is 5. The predicted octanol–water partition coefficient (Wildman–Crippen LogP) is 2.11. The molecule has 1 fully saturated rings. The Morgan fingerprint density at radius 2 is 1.93 bits per heavy atom. The lowest BCUT2D eigenvalue weighted by Gasteiger charge is -2.43. The molecule has 0 radical (unpaired) electrons. The summed E-state index contributed by atoms with van der Waals surface area (Å²) in [6.45, 7) is 2.60. The van der Waals surface area contributed by atoms with Gasteiger partial charge in [-0.25, -0.2) is 0 Å². The van der Waals surface area contributed by atoms with Crippen LogP contribution < -0.4 is 5.56 Å². The lowest BCUT2D eigenvalue weighted by Crippen LogP contribution is -2.49. The zero-order valence-corrected chi connectivity index (χ0v) is 17.3. The number of likely N-dealkylation sites (tertiary alicyclic amines) is 1. The van der Waals surface area contributed by atoms with Gasteiger partial charge < -0.3 is 14.4 Å². The monoisotopic (exact) mass is 403 g/mol. The number of nitrogens with zero attached hydrogens (tertiary/aromatic N) is 5. The fourth-order valence-corrected chi connectivity index (χ4v) is 4.95. The highest BCUT2D eigenvalue weighted by atomic mass is 16.2. The van der Waals surface area contributed by atoms with Crippen LogP contribution in [0, 0.1) is 5.92 Å². The Hall–Kier alpha value is -3.06. The van der Waals surface area contributed by atoms with E-state index < -0.39 is 0 Å². The Morgan fingerprint density at radius 3 is 2.77 bits per heavy atom. The van der Waals surface area contributed by atoms with E-state index in [2.05, 4.69) is 16.0 Å². The summed E-state index contributed by atoms with van der Waals surface area (Å²) in [7, 11) is 3.94. The first kappa shape index (κ1) is 18.9. The van der Waals surface area contributed by atoms with Crippen molar-refractivity contribution in [1.29, 1.82) is 0 Å². The van der Waals surface area contributed by atoms with Crippen molar-refractivity contribution >= 4 is 16.9 Å². The number of rotatable bonds is 3. The summed E-state index contributed by atoms with van der Waals surface area (Å²) in [5.74, 6) is 0.466. The summed E-state index contributed by atoms with van der Waals surface area (Å²) in [5, 5.41) is 0.